The molecule has 1 unspecified atom stereocenters. The van der Waals surface area contributed by atoms with Crippen molar-refractivity contribution in [3.05, 3.63) is 47.9 Å². The highest BCUT2D eigenvalue weighted by molar-refractivity contribution is 5.93. The lowest BCUT2D eigenvalue weighted by molar-refractivity contribution is -0.133. The highest BCUT2D eigenvalue weighted by Gasteiger charge is 2.33. The van der Waals surface area contributed by atoms with Crippen LogP contribution in [-0.2, 0) is 9.59 Å². The van der Waals surface area contributed by atoms with E-state index in [0.29, 0.717) is 49.1 Å². The highest BCUT2D eigenvalue weighted by atomic mass is 16.2. The predicted octanol–water partition coefficient (Wildman–Crippen LogP) is 2.11. The molecule has 0 spiro atoms. The smallest absolute Gasteiger partial charge is 0.271 e. The Kier molecular flexibility index (Phi) is 8.08. The molecule has 9 heteroatoms. The van der Waals surface area contributed by atoms with Crippen LogP contribution < -0.4 is 10.6 Å². The van der Waals surface area contributed by atoms with Gasteiger partial charge in [0.1, 0.15) is 17.8 Å². The molecule has 2 heterocycles. The zero-order valence-corrected chi connectivity index (χ0v) is 18.9. The molecule has 0 aliphatic carbocycles. The van der Waals surface area contributed by atoms with Gasteiger partial charge < -0.3 is 15.5 Å². The van der Waals surface area contributed by atoms with Crippen molar-refractivity contribution in [2.45, 2.75) is 51.6 Å². The zero-order chi connectivity index (χ0) is 23.8. The first-order valence-corrected chi connectivity index (χ1v) is 11.0. The highest BCUT2D eigenvalue weighted by Crippen LogP contribution is 2.19. The van der Waals surface area contributed by atoms with E-state index < -0.39 is 12.1 Å². The Morgan fingerprint density at radius 3 is 2.76 bits per heavy atom. The van der Waals surface area contributed by atoms with E-state index in [1.165, 1.54) is 19.2 Å². The van der Waals surface area contributed by atoms with Crippen molar-refractivity contribution in [2.75, 3.05) is 13.1 Å². The number of carbonyl (C=O) groups is 3. The van der Waals surface area contributed by atoms with Crippen molar-refractivity contribution in [2.24, 2.45) is 0 Å². The van der Waals surface area contributed by atoms with Crippen molar-refractivity contribution < 1.29 is 14.4 Å². The summed E-state index contributed by atoms with van der Waals surface area (Å²) < 4.78 is 0. The third-order valence-electron chi connectivity index (χ3n) is 5.44. The second-order valence-corrected chi connectivity index (χ2v) is 8.10. The molecule has 172 valence electrons. The summed E-state index contributed by atoms with van der Waals surface area (Å²) in [5, 5.41) is 15.3. The third-order valence-corrected chi connectivity index (χ3v) is 5.44. The number of para-hydroxylation sites is 2. The van der Waals surface area contributed by atoms with Gasteiger partial charge in [-0.2, -0.15) is 5.26 Å². The van der Waals surface area contributed by atoms with Gasteiger partial charge in [-0.1, -0.05) is 12.1 Å². The van der Waals surface area contributed by atoms with Crippen LogP contribution in [0.5, 0.6) is 0 Å². The number of rotatable bonds is 9. The third kappa shape index (κ3) is 6.35. The molecule has 0 radical (unpaired) electrons. The van der Waals surface area contributed by atoms with Gasteiger partial charge in [0.05, 0.1) is 23.3 Å². The van der Waals surface area contributed by atoms with Crippen LogP contribution in [0.15, 0.2) is 42.2 Å². The summed E-state index contributed by atoms with van der Waals surface area (Å²) >= 11 is 0. The van der Waals surface area contributed by atoms with Gasteiger partial charge in [0.15, 0.2) is 5.78 Å². The molecule has 3 rings (SSSR count). The molecule has 2 aromatic rings. The average Bonchev–Trinajstić information content (AvgIpc) is 3.28. The summed E-state index contributed by atoms with van der Waals surface area (Å²) in [4.78, 5) is 47.2. The normalized spacial score (nSPS) is 16.8. The number of hydrogen-bond acceptors (Lipinski definition) is 7. The number of benzene rings is 1. The number of allylic oxidation sites excluding steroid dienone is 2. The molecule has 2 atom stereocenters. The van der Waals surface area contributed by atoms with Crippen LogP contribution in [0.1, 0.15) is 50.0 Å². The molecule has 0 saturated carbocycles. The van der Waals surface area contributed by atoms with Gasteiger partial charge in [-0.3, -0.25) is 19.4 Å². The number of hydrogen-bond donors (Lipinski definition) is 2. The topological polar surface area (TPSA) is 128 Å². The molecule has 1 fully saturated rings. The van der Waals surface area contributed by atoms with Gasteiger partial charge in [0, 0.05) is 18.8 Å². The van der Waals surface area contributed by atoms with Gasteiger partial charge >= 0.3 is 0 Å². The fourth-order valence-electron chi connectivity index (χ4n) is 3.91. The number of amides is 2. The van der Waals surface area contributed by atoms with Gasteiger partial charge in [-0.25, -0.2) is 4.98 Å². The molecule has 1 aliphatic rings. The summed E-state index contributed by atoms with van der Waals surface area (Å²) in [5.41, 5.74) is 2.18. The van der Waals surface area contributed by atoms with Crippen molar-refractivity contribution in [1.29, 1.82) is 5.26 Å². The Labute approximate surface area is 192 Å². The van der Waals surface area contributed by atoms with E-state index in [1.54, 1.807) is 17.9 Å². The lowest BCUT2D eigenvalue weighted by atomic mass is 10.1. The Morgan fingerprint density at radius 2 is 2.03 bits per heavy atom. The number of carbonyl (C=O) groups excluding carboxylic acids is 3. The number of nitrogens with one attached hydrogen (secondary N) is 2. The molecule has 2 N–H and O–H groups in total. The van der Waals surface area contributed by atoms with E-state index in [1.807, 2.05) is 18.2 Å². The van der Waals surface area contributed by atoms with Gasteiger partial charge in [-0.15, -0.1) is 0 Å². The van der Waals surface area contributed by atoms with Crippen molar-refractivity contribution >= 4 is 28.6 Å². The predicted molar refractivity (Wildman–Crippen MR) is 123 cm³/mol. The maximum Gasteiger partial charge on any atom is 0.271 e. The molecule has 33 heavy (non-hydrogen) atoms. The molecule has 1 aromatic heterocycles. The minimum Gasteiger partial charge on any atom is -0.377 e. The first kappa shape index (κ1) is 23.9. The number of ketones is 1. The van der Waals surface area contributed by atoms with Crippen LogP contribution >= 0.6 is 0 Å². The lowest BCUT2D eigenvalue weighted by Crippen LogP contribution is -2.47. The van der Waals surface area contributed by atoms with Crippen LogP contribution in [0, 0.1) is 11.3 Å². The number of aromatic nitrogens is 2. The monoisotopic (exact) mass is 448 g/mol. The number of nitriles is 1. The van der Waals surface area contributed by atoms with E-state index >= 15 is 0 Å². The van der Waals surface area contributed by atoms with E-state index in [4.69, 9.17) is 0 Å². The fraction of sp³-hybridized carbons (Fsp3) is 0.417. The maximum absolute atomic E-state index is 13.1. The van der Waals surface area contributed by atoms with E-state index in [-0.39, 0.29) is 23.3 Å². The Bertz CT molecular complexity index is 1110. The summed E-state index contributed by atoms with van der Waals surface area (Å²) in [6.45, 7) is 4.06. The second-order valence-electron chi connectivity index (χ2n) is 8.10. The Balaban J connectivity index is 1.59. The molecule has 1 aromatic carbocycles. The summed E-state index contributed by atoms with van der Waals surface area (Å²) in [6, 6.07) is 8.49. The SMILES string of the molecule is CC(=O)/C=C(\C)NC(CCCNC(=O)c1cnc2ccccc2n1)C(=O)N1CCC[C@H]1C#N. The van der Waals surface area contributed by atoms with Crippen molar-refractivity contribution in [3.63, 3.8) is 0 Å². The van der Waals surface area contributed by atoms with Crippen LogP contribution in [0.3, 0.4) is 0 Å². The Hall–Kier alpha value is -3.80. The van der Waals surface area contributed by atoms with Crippen LogP contribution in [0.4, 0.5) is 0 Å². The van der Waals surface area contributed by atoms with Gasteiger partial charge in [0.25, 0.3) is 5.91 Å². The van der Waals surface area contributed by atoms with E-state index in [9.17, 15) is 19.6 Å². The first-order valence-electron chi connectivity index (χ1n) is 11.0. The molecule has 1 saturated heterocycles. The summed E-state index contributed by atoms with van der Waals surface area (Å²) in [5.74, 6) is -0.617. The standard InChI is InChI=1S/C24H28N6O3/c1-16(13-17(2)31)28-21(24(33)30-12-6-7-18(30)14-25)10-5-11-26-23(32)22-15-27-19-8-3-4-9-20(19)29-22/h3-4,8-9,13,15,18,21,28H,5-7,10-12H2,1-2H3,(H,26,32)/b16-13+/t18-,21?/m0/s1. The van der Waals surface area contributed by atoms with Crippen LogP contribution in [0.25, 0.3) is 11.0 Å². The largest absolute Gasteiger partial charge is 0.377 e. The summed E-state index contributed by atoms with van der Waals surface area (Å²) in [6.07, 6.45) is 5.29. The lowest BCUT2D eigenvalue weighted by Gasteiger charge is -2.27. The van der Waals surface area contributed by atoms with Crippen LogP contribution in [0.2, 0.25) is 0 Å². The molecule has 2 amide bonds. The minimum absolute atomic E-state index is 0.119. The van der Waals surface area contributed by atoms with Crippen LogP contribution in [-0.4, -0.2) is 57.6 Å². The summed E-state index contributed by atoms with van der Waals surface area (Å²) in [7, 11) is 0. The average molecular weight is 449 g/mol. The minimum atomic E-state index is -0.591. The van der Waals surface area contributed by atoms with Gasteiger partial charge in [0.2, 0.25) is 5.91 Å². The Morgan fingerprint density at radius 1 is 1.27 bits per heavy atom. The number of nitrogens with zero attached hydrogens (tertiary/aromatic N) is 4. The number of likely N-dealkylation sites (tertiary alicyclic amines) is 1. The van der Waals surface area contributed by atoms with E-state index in [0.717, 1.165) is 6.42 Å². The van der Waals surface area contributed by atoms with Crippen molar-refractivity contribution in [1.82, 2.24) is 25.5 Å². The van der Waals surface area contributed by atoms with Crippen molar-refractivity contribution in [3.8, 4) is 6.07 Å². The molecule has 9 nitrogen and oxygen atoms in total. The van der Waals surface area contributed by atoms with Gasteiger partial charge in [-0.05, 0) is 57.7 Å². The number of fused-ring (bicyclic) bond motifs is 1. The fourth-order valence-corrected chi connectivity index (χ4v) is 3.91. The first-order chi connectivity index (χ1) is 15.9. The molecule has 1 aliphatic heterocycles. The molecular formula is C24H28N6O3. The maximum atomic E-state index is 13.1. The second kappa shape index (κ2) is 11.2. The molecule has 0 bridgehead atoms. The molecular weight excluding hydrogens is 420 g/mol. The van der Waals surface area contributed by atoms with E-state index in [2.05, 4.69) is 26.7 Å². The quantitative estimate of drug-likeness (QED) is 0.444. The zero-order valence-electron chi connectivity index (χ0n) is 18.9.